The van der Waals surface area contributed by atoms with Gasteiger partial charge in [0.25, 0.3) is 5.91 Å². The van der Waals surface area contributed by atoms with Crippen LogP contribution in [0.25, 0.3) is 0 Å². The van der Waals surface area contributed by atoms with Crippen molar-refractivity contribution >= 4 is 23.2 Å². The molecule has 116 valence electrons. The van der Waals surface area contributed by atoms with E-state index in [0.717, 1.165) is 0 Å². The van der Waals surface area contributed by atoms with Crippen LogP contribution in [0.3, 0.4) is 0 Å². The molecule has 5 nitrogen and oxygen atoms in total. The van der Waals surface area contributed by atoms with Gasteiger partial charge in [0.15, 0.2) is 6.61 Å². The Hall–Kier alpha value is -2.40. The van der Waals surface area contributed by atoms with E-state index in [1.807, 2.05) is 0 Å². The number of hydrogen-bond acceptors (Lipinski definition) is 4. The van der Waals surface area contributed by atoms with Crippen molar-refractivity contribution in [2.45, 2.75) is 0 Å². The number of anilines is 1. The minimum Gasteiger partial charge on any atom is -0.497 e. The van der Waals surface area contributed by atoms with Crippen molar-refractivity contribution in [1.29, 1.82) is 0 Å². The van der Waals surface area contributed by atoms with Gasteiger partial charge >= 0.3 is 0 Å². The molecule has 2 aromatic rings. The van der Waals surface area contributed by atoms with Gasteiger partial charge in [-0.15, -0.1) is 0 Å². The molecule has 0 aliphatic rings. The number of methoxy groups -OCH3 is 2. The summed E-state index contributed by atoms with van der Waals surface area (Å²) >= 11 is 5.85. The summed E-state index contributed by atoms with van der Waals surface area (Å²) in [6.45, 7) is -0.125. The lowest BCUT2D eigenvalue weighted by molar-refractivity contribution is -0.118. The van der Waals surface area contributed by atoms with Crippen molar-refractivity contribution in [1.82, 2.24) is 0 Å². The number of benzene rings is 2. The number of carbonyl (C=O) groups excluding carboxylic acids is 1. The van der Waals surface area contributed by atoms with Crippen LogP contribution in [0, 0.1) is 0 Å². The topological polar surface area (TPSA) is 56.8 Å². The maximum atomic E-state index is 11.9. The molecule has 0 bridgehead atoms. The number of hydrogen-bond donors (Lipinski definition) is 1. The maximum Gasteiger partial charge on any atom is 0.262 e. The smallest absolute Gasteiger partial charge is 0.262 e. The molecule has 0 aliphatic heterocycles. The lowest BCUT2D eigenvalue weighted by atomic mass is 10.2. The fraction of sp³-hybridized carbons (Fsp3) is 0.188. The monoisotopic (exact) mass is 321 g/mol. The van der Waals surface area contributed by atoms with Crippen molar-refractivity contribution in [2.24, 2.45) is 0 Å². The molecule has 0 unspecified atom stereocenters. The molecule has 0 saturated heterocycles. The van der Waals surface area contributed by atoms with Crippen molar-refractivity contribution in [2.75, 3.05) is 26.1 Å². The molecule has 0 aliphatic carbocycles. The third kappa shape index (κ3) is 4.56. The number of rotatable bonds is 6. The number of halogens is 1. The average molecular weight is 322 g/mol. The van der Waals surface area contributed by atoms with Gasteiger partial charge in [-0.2, -0.15) is 0 Å². The highest BCUT2D eigenvalue weighted by molar-refractivity contribution is 6.30. The third-order valence-corrected chi connectivity index (χ3v) is 3.04. The highest BCUT2D eigenvalue weighted by Crippen LogP contribution is 2.25. The predicted octanol–water partition coefficient (Wildman–Crippen LogP) is 3.37. The molecular formula is C16H16ClNO4. The minimum atomic E-state index is -0.296. The summed E-state index contributed by atoms with van der Waals surface area (Å²) in [5.41, 5.74) is 0.566. The first-order valence-electron chi connectivity index (χ1n) is 6.52. The van der Waals surface area contributed by atoms with Crippen LogP contribution in [0.15, 0.2) is 42.5 Å². The molecule has 0 spiro atoms. The first kappa shape index (κ1) is 16.0. The Bertz CT molecular complexity index is 638. The van der Waals surface area contributed by atoms with Crippen LogP contribution in [-0.2, 0) is 4.79 Å². The van der Waals surface area contributed by atoms with E-state index in [-0.39, 0.29) is 12.5 Å². The highest BCUT2D eigenvalue weighted by Gasteiger charge is 2.07. The van der Waals surface area contributed by atoms with E-state index < -0.39 is 0 Å². The van der Waals surface area contributed by atoms with E-state index in [9.17, 15) is 4.79 Å². The maximum absolute atomic E-state index is 11.9. The van der Waals surface area contributed by atoms with Gasteiger partial charge in [-0.25, -0.2) is 0 Å². The van der Waals surface area contributed by atoms with Gasteiger partial charge < -0.3 is 19.5 Å². The van der Waals surface area contributed by atoms with Crippen LogP contribution in [-0.4, -0.2) is 26.7 Å². The molecule has 0 atom stereocenters. The Morgan fingerprint density at radius 3 is 2.32 bits per heavy atom. The molecule has 0 heterocycles. The normalized spacial score (nSPS) is 9.95. The summed E-state index contributed by atoms with van der Waals surface area (Å²) in [5, 5.41) is 3.27. The first-order valence-corrected chi connectivity index (χ1v) is 6.90. The van der Waals surface area contributed by atoms with Gasteiger partial charge in [-0.1, -0.05) is 17.7 Å². The van der Waals surface area contributed by atoms with E-state index >= 15 is 0 Å². The second kappa shape index (κ2) is 7.56. The van der Waals surface area contributed by atoms with Crippen molar-refractivity contribution in [3.63, 3.8) is 0 Å². The number of amides is 1. The highest BCUT2D eigenvalue weighted by atomic mass is 35.5. The molecule has 22 heavy (non-hydrogen) atoms. The van der Waals surface area contributed by atoms with Crippen LogP contribution in [0.5, 0.6) is 17.2 Å². The van der Waals surface area contributed by atoms with Gasteiger partial charge in [0, 0.05) is 28.9 Å². The fourth-order valence-electron chi connectivity index (χ4n) is 1.78. The molecule has 0 radical (unpaired) electrons. The molecular weight excluding hydrogens is 306 g/mol. The Morgan fingerprint density at radius 2 is 1.73 bits per heavy atom. The summed E-state index contributed by atoms with van der Waals surface area (Å²) in [5.74, 6) is 1.41. The average Bonchev–Trinajstić information content (AvgIpc) is 2.52. The van der Waals surface area contributed by atoms with E-state index in [1.165, 1.54) is 0 Å². The zero-order chi connectivity index (χ0) is 15.9. The van der Waals surface area contributed by atoms with Gasteiger partial charge in [-0.05, 0) is 18.2 Å². The SMILES string of the molecule is COc1cc(NC(=O)COc2cccc(Cl)c2)cc(OC)c1. The molecule has 1 amide bonds. The largest absolute Gasteiger partial charge is 0.497 e. The summed E-state index contributed by atoms with van der Waals surface area (Å²) in [6, 6.07) is 12.0. The standard InChI is InChI=1S/C16H16ClNO4/c1-20-14-7-12(8-15(9-14)21-2)18-16(19)10-22-13-5-3-4-11(17)6-13/h3-9H,10H2,1-2H3,(H,18,19). The Balaban J connectivity index is 1.97. The van der Waals surface area contributed by atoms with Crippen molar-refractivity contribution in [3.8, 4) is 17.2 Å². The lowest BCUT2D eigenvalue weighted by Crippen LogP contribution is -2.20. The van der Waals surface area contributed by atoms with E-state index in [2.05, 4.69) is 5.32 Å². The van der Waals surface area contributed by atoms with Crippen LogP contribution >= 0.6 is 11.6 Å². The van der Waals surface area contributed by atoms with E-state index in [4.69, 9.17) is 25.8 Å². The van der Waals surface area contributed by atoms with Crippen LogP contribution in [0.4, 0.5) is 5.69 Å². The third-order valence-electron chi connectivity index (χ3n) is 2.80. The summed E-state index contributed by atoms with van der Waals surface area (Å²) in [6.07, 6.45) is 0. The van der Waals surface area contributed by atoms with Crippen molar-refractivity contribution < 1.29 is 19.0 Å². The minimum absolute atomic E-state index is 0.125. The Labute approximate surface area is 133 Å². The van der Waals surface area contributed by atoms with Gasteiger partial charge in [0.1, 0.15) is 17.2 Å². The molecule has 0 fully saturated rings. The molecule has 2 rings (SSSR count). The molecule has 0 saturated carbocycles. The molecule has 0 aromatic heterocycles. The lowest BCUT2D eigenvalue weighted by Gasteiger charge is -2.10. The number of ether oxygens (including phenoxy) is 3. The van der Waals surface area contributed by atoms with Crippen LogP contribution in [0.2, 0.25) is 5.02 Å². The summed E-state index contributed by atoms with van der Waals surface area (Å²) in [7, 11) is 3.09. The summed E-state index contributed by atoms with van der Waals surface area (Å²) < 4.78 is 15.7. The van der Waals surface area contributed by atoms with Gasteiger partial charge in [0.05, 0.1) is 14.2 Å². The Kier molecular flexibility index (Phi) is 5.49. The van der Waals surface area contributed by atoms with Crippen molar-refractivity contribution in [3.05, 3.63) is 47.5 Å². The fourth-order valence-corrected chi connectivity index (χ4v) is 1.96. The van der Waals surface area contributed by atoms with E-state index in [0.29, 0.717) is 28.0 Å². The Morgan fingerprint density at radius 1 is 1.05 bits per heavy atom. The zero-order valence-electron chi connectivity index (χ0n) is 12.3. The second-order valence-electron chi connectivity index (χ2n) is 4.40. The summed E-state index contributed by atoms with van der Waals surface area (Å²) in [4.78, 5) is 11.9. The first-order chi connectivity index (χ1) is 10.6. The van der Waals surface area contributed by atoms with E-state index in [1.54, 1.807) is 56.7 Å². The van der Waals surface area contributed by atoms with Gasteiger partial charge in [0.2, 0.25) is 0 Å². The number of carbonyl (C=O) groups is 1. The second-order valence-corrected chi connectivity index (χ2v) is 4.83. The number of nitrogens with one attached hydrogen (secondary N) is 1. The molecule has 6 heteroatoms. The van der Waals surface area contributed by atoms with Gasteiger partial charge in [-0.3, -0.25) is 4.79 Å². The predicted molar refractivity (Wildman–Crippen MR) is 85.1 cm³/mol. The van der Waals surface area contributed by atoms with Crippen LogP contribution < -0.4 is 19.5 Å². The quantitative estimate of drug-likeness (QED) is 0.886. The zero-order valence-corrected chi connectivity index (χ0v) is 13.0. The van der Waals surface area contributed by atoms with Crippen LogP contribution in [0.1, 0.15) is 0 Å². The molecule has 2 aromatic carbocycles. The molecule has 1 N–H and O–H groups in total.